The molecule has 5 nitrogen and oxygen atoms in total. The number of benzene rings is 2. The Morgan fingerprint density at radius 2 is 1.46 bits per heavy atom. The molecule has 2 heterocycles. The van der Waals surface area contributed by atoms with Crippen LogP contribution in [0.2, 0.25) is 0 Å². The van der Waals surface area contributed by atoms with Gasteiger partial charge < -0.3 is 4.90 Å². The highest BCUT2D eigenvalue weighted by Gasteiger charge is 2.37. The van der Waals surface area contributed by atoms with Crippen molar-refractivity contribution >= 4 is 51.8 Å². The van der Waals surface area contributed by atoms with Crippen LogP contribution in [0.4, 0.5) is 0 Å². The molecule has 0 spiro atoms. The summed E-state index contributed by atoms with van der Waals surface area (Å²) in [4.78, 5) is 27.8. The van der Waals surface area contributed by atoms with Crippen LogP contribution in [0.3, 0.4) is 0 Å². The molecule has 0 atom stereocenters. The van der Waals surface area contributed by atoms with Gasteiger partial charge in [-0.3, -0.25) is 9.59 Å². The quantitative estimate of drug-likeness (QED) is 0.481. The average Bonchev–Trinajstić information content (AvgIpc) is 2.60. The van der Waals surface area contributed by atoms with Gasteiger partial charge in [-0.05, 0) is 17.5 Å². The van der Waals surface area contributed by atoms with E-state index in [1.165, 1.54) is 5.01 Å². The molecule has 0 aliphatic carbocycles. The van der Waals surface area contributed by atoms with Crippen molar-refractivity contribution in [2.24, 2.45) is 0 Å². The second-order valence-corrected chi connectivity index (χ2v) is 6.97. The minimum atomic E-state index is -0.258. The summed E-state index contributed by atoms with van der Waals surface area (Å²) in [5.74, 6) is -0.516. The highest BCUT2D eigenvalue weighted by Crippen LogP contribution is 2.31. The maximum atomic E-state index is 12.9. The van der Waals surface area contributed by atoms with Crippen LogP contribution in [0, 0.1) is 0 Å². The van der Waals surface area contributed by atoms with Crippen molar-refractivity contribution in [3.05, 3.63) is 47.5 Å². The largest absolute Gasteiger partial charge is 0.355 e. The van der Waals surface area contributed by atoms with E-state index < -0.39 is 0 Å². The Balaban J connectivity index is 1.71. The Kier molecular flexibility index (Phi) is 3.79. The third-order valence-electron chi connectivity index (χ3n) is 4.56. The number of imide groups is 1. The van der Waals surface area contributed by atoms with Crippen molar-refractivity contribution in [2.45, 2.75) is 0 Å². The average molecular weight is 357 g/mol. The highest BCUT2D eigenvalue weighted by atomic mass is 32.1. The molecule has 2 aromatic rings. The molecular formula is C17H15N3O2S2. The number of rotatable bonds is 1. The van der Waals surface area contributed by atoms with E-state index in [2.05, 4.69) is 12.6 Å². The van der Waals surface area contributed by atoms with E-state index in [1.807, 2.05) is 34.2 Å². The van der Waals surface area contributed by atoms with Crippen molar-refractivity contribution < 1.29 is 9.59 Å². The third kappa shape index (κ3) is 2.31. The van der Waals surface area contributed by atoms with Gasteiger partial charge in [-0.25, -0.2) is 10.0 Å². The number of piperazine rings is 1. The van der Waals surface area contributed by atoms with Crippen molar-refractivity contribution in [3.8, 4) is 0 Å². The summed E-state index contributed by atoms with van der Waals surface area (Å²) >= 11 is 9.27. The normalized spacial score (nSPS) is 18.4. The number of amides is 2. The van der Waals surface area contributed by atoms with Crippen LogP contribution >= 0.6 is 24.8 Å². The molecule has 2 aromatic carbocycles. The first-order valence-corrected chi connectivity index (χ1v) is 8.57. The van der Waals surface area contributed by atoms with Gasteiger partial charge in [0.1, 0.15) is 4.32 Å². The molecule has 1 saturated heterocycles. The number of hydrogen-bond acceptors (Lipinski definition) is 4. The molecule has 2 aliphatic rings. The number of hydrazine groups is 1. The lowest BCUT2D eigenvalue weighted by Gasteiger charge is -2.41. The van der Waals surface area contributed by atoms with E-state index >= 15 is 0 Å². The molecule has 0 radical (unpaired) electrons. The van der Waals surface area contributed by atoms with Gasteiger partial charge >= 0.3 is 0 Å². The Morgan fingerprint density at radius 1 is 0.917 bits per heavy atom. The molecule has 2 aliphatic heterocycles. The van der Waals surface area contributed by atoms with Crippen LogP contribution in [0.15, 0.2) is 36.4 Å². The van der Waals surface area contributed by atoms with Crippen LogP contribution in [0.5, 0.6) is 0 Å². The van der Waals surface area contributed by atoms with Crippen molar-refractivity contribution in [1.29, 1.82) is 0 Å². The predicted octanol–water partition coefficient (Wildman–Crippen LogP) is 2.18. The SMILES string of the molecule is O=C1c2cccc3cccc(c23)C(=O)N1N1CCN(C(=S)S)CC1. The van der Waals surface area contributed by atoms with Crippen molar-refractivity contribution in [1.82, 2.24) is 14.9 Å². The summed E-state index contributed by atoms with van der Waals surface area (Å²) in [6.45, 7) is 2.39. The zero-order valence-electron chi connectivity index (χ0n) is 12.8. The molecule has 0 N–H and O–H groups in total. The molecule has 2 amide bonds. The number of thiocarbonyl (C=S) groups is 1. The number of carbonyl (C=O) groups excluding carboxylic acids is 2. The zero-order valence-corrected chi connectivity index (χ0v) is 14.5. The lowest BCUT2D eigenvalue weighted by molar-refractivity contribution is -0.0167. The summed E-state index contributed by atoms with van der Waals surface area (Å²) in [7, 11) is 0. The first kappa shape index (κ1) is 15.6. The summed E-state index contributed by atoms with van der Waals surface area (Å²) in [6, 6.07) is 11.1. The third-order valence-corrected chi connectivity index (χ3v) is 5.10. The van der Waals surface area contributed by atoms with Gasteiger partial charge in [0, 0.05) is 31.6 Å². The highest BCUT2D eigenvalue weighted by molar-refractivity contribution is 8.10. The molecular weight excluding hydrogens is 342 g/mol. The molecule has 122 valence electrons. The van der Waals surface area contributed by atoms with Crippen LogP contribution < -0.4 is 0 Å². The van der Waals surface area contributed by atoms with Crippen LogP contribution in [-0.4, -0.2) is 57.2 Å². The van der Waals surface area contributed by atoms with Gasteiger partial charge in [0.2, 0.25) is 0 Å². The van der Waals surface area contributed by atoms with E-state index in [-0.39, 0.29) is 11.8 Å². The van der Waals surface area contributed by atoms with Gasteiger partial charge in [0.05, 0.1) is 11.1 Å². The summed E-state index contributed by atoms with van der Waals surface area (Å²) in [6.07, 6.45) is 0. The van der Waals surface area contributed by atoms with E-state index in [0.717, 1.165) is 10.8 Å². The Bertz CT molecular complexity index is 825. The molecule has 4 rings (SSSR count). The predicted molar refractivity (Wildman–Crippen MR) is 99.2 cm³/mol. The minimum Gasteiger partial charge on any atom is -0.355 e. The van der Waals surface area contributed by atoms with E-state index in [1.54, 1.807) is 12.1 Å². The van der Waals surface area contributed by atoms with Gasteiger partial charge in [-0.1, -0.05) is 36.5 Å². The van der Waals surface area contributed by atoms with Crippen molar-refractivity contribution in [2.75, 3.05) is 26.2 Å². The maximum Gasteiger partial charge on any atom is 0.276 e. The van der Waals surface area contributed by atoms with Crippen molar-refractivity contribution in [3.63, 3.8) is 0 Å². The second-order valence-electron chi connectivity index (χ2n) is 5.85. The topological polar surface area (TPSA) is 43.9 Å². The summed E-state index contributed by atoms with van der Waals surface area (Å²) in [5, 5.41) is 4.76. The van der Waals surface area contributed by atoms with Gasteiger partial charge in [0.25, 0.3) is 11.8 Å². The molecule has 0 bridgehead atoms. The monoisotopic (exact) mass is 357 g/mol. The summed E-state index contributed by atoms with van der Waals surface area (Å²) in [5.41, 5.74) is 1.16. The smallest absolute Gasteiger partial charge is 0.276 e. The standard InChI is InChI=1S/C17H15N3O2S2/c21-15-12-5-1-3-11-4-2-6-13(14(11)12)16(22)20(15)19-9-7-18(8-10-19)17(23)24/h1-6H,7-10H2,(H,23,24). The van der Waals surface area contributed by atoms with Gasteiger partial charge in [-0.2, -0.15) is 0 Å². The van der Waals surface area contributed by atoms with Crippen LogP contribution in [0.1, 0.15) is 20.7 Å². The fraction of sp³-hybridized carbons (Fsp3) is 0.235. The van der Waals surface area contributed by atoms with Gasteiger partial charge in [0.15, 0.2) is 0 Å². The number of nitrogens with zero attached hydrogens (tertiary/aromatic N) is 3. The lowest BCUT2D eigenvalue weighted by Crippen LogP contribution is -2.58. The first-order chi connectivity index (χ1) is 11.6. The Labute approximate surface area is 150 Å². The maximum absolute atomic E-state index is 12.9. The first-order valence-electron chi connectivity index (χ1n) is 7.71. The summed E-state index contributed by atoms with van der Waals surface area (Å²) < 4.78 is 0.543. The molecule has 7 heteroatoms. The Hall–Kier alpha value is -1.96. The lowest BCUT2D eigenvalue weighted by atomic mass is 9.95. The fourth-order valence-electron chi connectivity index (χ4n) is 3.36. The molecule has 1 fully saturated rings. The zero-order chi connectivity index (χ0) is 16.8. The Morgan fingerprint density at radius 3 is 1.96 bits per heavy atom. The molecule has 0 aromatic heterocycles. The number of hydrogen-bond donors (Lipinski definition) is 1. The van der Waals surface area contributed by atoms with E-state index in [4.69, 9.17) is 12.2 Å². The molecule has 24 heavy (non-hydrogen) atoms. The number of carbonyl (C=O) groups is 2. The molecule has 0 saturated carbocycles. The minimum absolute atomic E-state index is 0.258. The molecule has 0 unspecified atom stereocenters. The van der Waals surface area contributed by atoms with Crippen LogP contribution in [-0.2, 0) is 0 Å². The second kappa shape index (κ2) is 5.84. The fourth-order valence-corrected chi connectivity index (χ4v) is 3.74. The van der Waals surface area contributed by atoms with E-state index in [9.17, 15) is 9.59 Å². The van der Waals surface area contributed by atoms with E-state index in [0.29, 0.717) is 41.6 Å². The van der Waals surface area contributed by atoms with Gasteiger partial charge in [-0.15, -0.1) is 12.6 Å². The number of thiol groups is 1. The van der Waals surface area contributed by atoms with Crippen LogP contribution in [0.25, 0.3) is 10.8 Å².